The van der Waals surface area contributed by atoms with Crippen LogP contribution in [-0.4, -0.2) is 17.9 Å². The second-order valence-corrected chi connectivity index (χ2v) is 7.36. The van der Waals surface area contributed by atoms with Crippen LogP contribution in [0.2, 0.25) is 0 Å². The van der Waals surface area contributed by atoms with E-state index >= 15 is 0 Å². The summed E-state index contributed by atoms with van der Waals surface area (Å²) in [5.41, 5.74) is 2.44. The largest absolute Gasteiger partial charge is 0.465 e. The van der Waals surface area contributed by atoms with E-state index < -0.39 is 0 Å². The van der Waals surface area contributed by atoms with Crippen LogP contribution >= 0.6 is 0 Å². The number of hydrogen-bond acceptors (Lipinski definition) is 3. The number of furan rings is 1. The van der Waals surface area contributed by atoms with Crippen molar-refractivity contribution in [3.05, 3.63) is 58.3 Å². The van der Waals surface area contributed by atoms with Gasteiger partial charge >= 0.3 is 0 Å². The van der Waals surface area contributed by atoms with Crippen LogP contribution in [0, 0.1) is 12.7 Å². The number of fused-ring (bicyclic) bond motifs is 1. The van der Waals surface area contributed by atoms with Gasteiger partial charge in [-0.3, -0.25) is 9.59 Å². The Morgan fingerprint density at radius 3 is 2.70 bits per heavy atom. The minimum atomic E-state index is -0.376. The van der Waals surface area contributed by atoms with Crippen LogP contribution < -0.4 is 10.6 Å². The summed E-state index contributed by atoms with van der Waals surface area (Å²) in [5, 5.41) is 6.02. The maximum Gasteiger partial charge on any atom is 0.255 e. The number of rotatable bonds is 3. The molecule has 0 saturated carbocycles. The fourth-order valence-corrected chi connectivity index (χ4v) is 4.18. The van der Waals surface area contributed by atoms with Crippen LogP contribution in [0.4, 0.5) is 4.39 Å². The van der Waals surface area contributed by atoms with Crippen molar-refractivity contribution in [3.63, 3.8) is 0 Å². The van der Waals surface area contributed by atoms with Gasteiger partial charge in [-0.2, -0.15) is 0 Å². The zero-order chi connectivity index (χ0) is 19.0. The van der Waals surface area contributed by atoms with Gasteiger partial charge in [-0.1, -0.05) is 12.1 Å². The van der Waals surface area contributed by atoms with Gasteiger partial charge < -0.3 is 15.1 Å². The van der Waals surface area contributed by atoms with E-state index in [9.17, 15) is 14.0 Å². The van der Waals surface area contributed by atoms with Crippen molar-refractivity contribution in [1.29, 1.82) is 0 Å². The molecule has 0 spiro atoms. The van der Waals surface area contributed by atoms with Gasteiger partial charge in [0.1, 0.15) is 17.3 Å². The first kappa shape index (κ1) is 17.8. The summed E-state index contributed by atoms with van der Waals surface area (Å²) in [5.74, 6) is 1.02. The summed E-state index contributed by atoms with van der Waals surface area (Å²) in [7, 11) is 0. The van der Waals surface area contributed by atoms with E-state index in [0.717, 1.165) is 42.6 Å². The molecule has 4 rings (SSSR count). The highest BCUT2D eigenvalue weighted by Gasteiger charge is 2.33. The van der Waals surface area contributed by atoms with Gasteiger partial charge in [0, 0.05) is 18.4 Å². The monoisotopic (exact) mass is 370 g/mol. The smallest absolute Gasteiger partial charge is 0.255 e. The van der Waals surface area contributed by atoms with Crippen molar-refractivity contribution in [2.45, 2.75) is 57.5 Å². The molecule has 1 saturated heterocycles. The van der Waals surface area contributed by atoms with Crippen LogP contribution in [0.15, 0.2) is 28.7 Å². The Balaban J connectivity index is 1.58. The number of carbonyl (C=O) groups is 2. The topological polar surface area (TPSA) is 71.3 Å². The first-order chi connectivity index (χ1) is 13.0. The van der Waals surface area contributed by atoms with E-state index in [4.69, 9.17) is 4.42 Å². The second-order valence-electron chi connectivity index (χ2n) is 7.36. The molecule has 1 aromatic carbocycles. The third-order valence-electron chi connectivity index (χ3n) is 5.52. The lowest BCUT2D eigenvalue weighted by atomic mass is 9.90. The zero-order valence-corrected chi connectivity index (χ0v) is 15.3. The fraction of sp³-hybridized carbons (Fsp3) is 0.429. The lowest BCUT2D eigenvalue weighted by Crippen LogP contribution is -2.50. The minimum absolute atomic E-state index is 0.0632. The first-order valence-electron chi connectivity index (χ1n) is 9.50. The number of piperidine rings is 1. The van der Waals surface area contributed by atoms with Gasteiger partial charge in [0.05, 0.1) is 17.6 Å². The third-order valence-corrected chi connectivity index (χ3v) is 5.52. The average molecular weight is 370 g/mol. The molecule has 2 aromatic rings. The molecule has 2 atom stereocenters. The van der Waals surface area contributed by atoms with Crippen LogP contribution in [-0.2, 0) is 17.6 Å². The van der Waals surface area contributed by atoms with Gasteiger partial charge in [0.25, 0.3) is 5.91 Å². The Morgan fingerprint density at radius 2 is 1.93 bits per heavy atom. The first-order valence-corrected chi connectivity index (χ1v) is 9.50. The average Bonchev–Trinajstić information content (AvgIpc) is 2.99. The van der Waals surface area contributed by atoms with E-state index in [-0.39, 0.29) is 29.7 Å². The van der Waals surface area contributed by atoms with Crippen LogP contribution in [0.5, 0.6) is 0 Å². The molecule has 1 aliphatic heterocycles. The van der Waals surface area contributed by atoms with Gasteiger partial charge in [0.15, 0.2) is 0 Å². The number of aryl methyl sites for hydroxylation is 2. The molecule has 1 fully saturated rings. The number of benzene rings is 1. The van der Waals surface area contributed by atoms with E-state index in [2.05, 4.69) is 10.6 Å². The van der Waals surface area contributed by atoms with Gasteiger partial charge in [-0.15, -0.1) is 0 Å². The molecule has 1 aromatic heterocycles. The molecule has 142 valence electrons. The lowest BCUT2D eigenvalue weighted by molar-refractivity contribution is -0.123. The number of hydrogen-bond donors (Lipinski definition) is 2. The standard InChI is InChI=1S/C21H23FN2O3/c1-12-19(15-4-2-3-5-17(15)27-12)21(26)23-16-10-11-18(25)24-20(16)13-6-8-14(22)9-7-13/h6-9,16,20H,2-5,10-11H2,1H3,(H,23,26)(H,24,25). The highest BCUT2D eigenvalue weighted by Crippen LogP contribution is 2.30. The van der Waals surface area contributed by atoms with Crippen molar-refractivity contribution >= 4 is 11.8 Å². The number of nitrogens with one attached hydrogen (secondary N) is 2. The maximum absolute atomic E-state index is 13.3. The van der Waals surface area contributed by atoms with E-state index in [1.54, 1.807) is 12.1 Å². The van der Waals surface area contributed by atoms with Crippen LogP contribution in [0.1, 0.15) is 64.7 Å². The number of carbonyl (C=O) groups excluding carboxylic acids is 2. The van der Waals surface area contributed by atoms with Gasteiger partial charge in [0.2, 0.25) is 5.91 Å². The van der Waals surface area contributed by atoms with E-state index in [1.807, 2.05) is 6.92 Å². The summed E-state index contributed by atoms with van der Waals surface area (Å²) in [6.07, 6.45) is 4.77. The molecular weight excluding hydrogens is 347 g/mol. The van der Waals surface area contributed by atoms with E-state index in [1.165, 1.54) is 12.1 Å². The number of amides is 2. The Labute approximate surface area is 157 Å². The summed E-state index contributed by atoms with van der Waals surface area (Å²) < 4.78 is 19.1. The number of halogens is 1. The quantitative estimate of drug-likeness (QED) is 0.870. The molecule has 2 aliphatic rings. The Morgan fingerprint density at radius 1 is 1.19 bits per heavy atom. The van der Waals surface area contributed by atoms with Crippen molar-refractivity contribution in [3.8, 4) is 0 Å². The molecule has 2 unspecified atom stereocenters. The van der Waals surface area contributed by atoms with Gasteiger partial charge in [-0.05, 0) is 50.3 Å². The lowest BCUT2D eigenvalue weighted by Gasteiger charge is -2.33. The third kappa shape index (κ3) is 3.48. The highest BCUT2D eigenvalue weighted by molar-refractivity contribution is 5.97. The molecule has 0 bridgehead atoms. The molecule has 2 heterocycles. The van der Waals surface area contributed by atoms with Crippen molar-refractivity contribution in [2.24, 2.45) is 0 Å². The molecule has 2 N–H and O–H groups in total. The molecule has 6 heteroatoms. The SMILES string of the molecule is Cc1oc2c(c1C(=O)NC1CCC(=O)NC1c1ccc(F)cc1)CCCC2. The summed E-state index contributed by atoms with van der Waals surface area (Å²) in [6, 6.07) is 5.40. The molecule has 2 amide bonds. The Kier molecular flexibility index (Phi) is 4.72. The Hall–Kier alpha value is -2.63. The molecule has 1 aliphatic carbocycles. The molecular formula is C21H23FN2O3. The summed E-state index contributed by atoms with van der Waals surface area (Å²) in [4.78, 5) is 24.9. The molecule has 5 nitrogen and oxygen atoms in total. The zero-order valence-electron chi connectivity index (χ0n) is 15.3. The van der Waals surface area contributed by atoms with Crippen LogP contribution in [0.25, 0.3) is 0 Å². The fourth-order valence-electron chi connectivity index (χ4n) is 4.18. The van der Waals surface area contributed by atoms with Crippen molar-refractivity contribution in [1.82, 2.24) is 10.6 Å². The normalized spacial score (nSPS) is 22.1. The predicted molar refractivity (Wildman–Crippen MR) is 97.9 cm³/mol. The Bertz CT molecular complexity index is 872. The van der Waals surface area contributed by atoms with Crippen LogP contribution in [0.3, 0.4) is 0 Å². The molecule has 0 radical (unpaired) electrons. The predicted octanol–water partition coefficient (Wildman–Crippen LogP) is 3.36. The second kappa shape index (κ2) is 7.18. The highest BCUT2D eigenvalue weighted by atomic mass is 19.1. The summed E-state index contributed by atoms with van der Waals surface area (Å²) in [6.45, 7) is 1.83. The van der Waals surface area contributed by atoms with E-state index in [0.29, 0.717) is 24.2 Å². The molecule has 27 heavy (non-hydrogen) atoms. The van der Waals surface area contributed by atoms with Gasteiger partial charge in [-0.25, -0.2) is 4.39 Å². The summed E-state index contributed by atoms with van der Waals surface area (Å²) >= 11 is 0. The van der Waals surface area contributed by atoms with Crippen molar-refractivity contribution in [2.75, 3.05) is 0 Å². The maximum atomic E-state index is 13.3. The van der Waals surface area contributed by atoms with Crippen molar-refractivity contribution < 1.29 is 18.4 Å². The minimum Gasteiger partial charge on any atom is -0.465 e.